The normalized spacial score (nSPS) is 11.0. The van der Waals surface area contributed by atoms with Gasteiger partial charge in [-0.05, 0) is 55.0 Å². The Labute approximate surface area is 176 Å². The van der Waals surface area contributed by atoms with E-state index in [1.807, 2.05) is 13.0 Å². The lowest BCUT2D eigenvalue weighted by molar-refractivity contribution is 0.340. The summed E-state index contributed by atoms with van der Waals surface area (Å²) in [6, 6.07) is 17.7. The molecule has 4 aromatic rings. The second kappa shape index (κ2) is 8.67. The highest BCUT2D eigenvalue weighted by atomic mass is 32.2. The van der Waals surface area contributed by atoms with Crippen molar-refractivity contribution in [2.45, 2.75) is 17.8 Å². The van der Waals surface area contributed by atoms with Crippen LogP contribution in [0.15, 0.2) is 76.7 Å². The number of rotatable bonds is 6. The van der Waals surface area contributed by atoms with Crippen molar-refractivity contribution in [1.82, 2.24) is 9.55 Å². The molecule has 0 aliphatic carbocycles. The molecule has 7 heteroatoms. The van der Waals surface area contributed by atoms with Crippen LogP contribution in [0.5, 0.6) is 5.75 Å². The Balaban J connectivity index is 1.78. The highest BCUT2D eigenvalue weighted by Crippen LogP contribution is 2.26. The van der Waals surface area contributed by atoms with E-state index >= 15 is 0 Å². The molecule has 0 radical (unpaired) electrons. The van der Waals surface area contributed by atoms with E-state index in [4.69, 9.17) is 4.74 Å². The Morgan fingerprint density at radius 3 is 2.53 bits per heavy atom. The standard InChI is InChI=1S/C23H18F2N2O2S/c1-2-29-18-11-9-17(10-12-18)27-22(28)19-5-3-4-6-21(19)26-23(27)30-14-15-7-8-16(24)13-20(15)25/h3-13H,2,14H2,1H3. The second-order valence-electron chi connectivity index (χ2n) is 6.50. The maximum atomic E-state index is 14.1. The molecule has 0 unspecified atom stereocenters. The summed E-state index contributed by atoms with van der Waals surface area (Å²) in [5.74, 6) is -0.353. The minimum absolute atomic E-state index is 0.202. The number of hydrogen-bond acceptors (Lipinski definition) is 4. The van der Waals surface area contributed by atoms with Gasteiger partial charge >= 0.3 is 0 Å². The smallest absolute Gasteiger partial charge is 0.266 e. The molecule has 0 amide bonds. The van der Waals surface area contributed by atoms with Gasteiger partial charge in [0.1, 0.15) is 17.4 Å². The molecule has 0 aliphatic rings. The fourth-order valence-corrected chi connectivity index (χ4v) is 4.08. The number of para-hydroxylation sites is 1. The highest BCUT2D eigenvalue weighted by molar-refractivity contribution is 7.98. The maximum absolute atomic E-state index is 14.1. The summed E-state index contributed by atoms with van der Waals surface area (Å²) in [6.45, 7) is 2.44. The number of aromatic nitrogens is 2. The minimum Gasteiger partial charge on any atom is -0.494 e. The molecule has 4 nitrogen and oxygen atoms in total. The lowest BCUT2D eigenvalue weighted by Gasteiger charge is -2.14. The molecule has 0 atom stereocenters. The Morgan fingerprint density at radius 1 is 1.03 bits per heavy atom. The lowest BCUT2D eigenvalue weighted by Crippen LogP contribution is -2.21. The van der Waals surface area contributed by atoms with Crippen LogP contribution in [0.25, 0.3) is 16.6 Å². The van der Waals surface area contributed by atoms with Crippen LogP contribution >= 0.6 is 11.8 Å². The molecule has 0 aliphatic heterocycles. The number of ether oxygens (including phenoxy) is 1. The van der Waals surface area contributed by atoms with Gasteiger partial charge in [0.2, 0.25) is 0 Å². The molecule has 1 aromatic heterocycles. The minimum atomic E-state index is -0.628. The van der Waals surface area contributed by atoms with Crippen LogP contribution in [-0.2, 0) is 5.75 Å². The van der Waals surface area contributed by atoms with Crippen molar-refractivity contribution in [2.24, 2.45) is 0 Å². The van der Waals surface area contributed by atoms with Crippen LogP contribution in [0.1, 0.15) is 12.5 Å². The van der Waals surface area contributed by atoms with Crippen molar-refractivity contribution in [3.05, 3.63) is 94.3 Å². The van der Waals surface area contributed by atoms with E-state index in [-0.39, 0.29) is 11.3 Å². The molecule has 0 fully saturated rings. The van der Waals surface area contributed by atoms with Gasteiger partial charge in [0.25, 0.3) is 5.56 Å². The van der Waals surface area contributed by atoms with E-state index in [0.29, 0.717) is 39.7 Å². The predicted octanol–water partition coefficient (Wildman–Crippen LogP) is 5.35. The summed E-state index contributed by atoms with van der Waals surface area (Å²) in [5, 5.41) is 0.912. The summed E-state index contributed by atoms with van der Waals surface area (Å²) in [4.78, 5) is 17.9. The van der Waals surface area contributed by atoms with Gasteiger partial charge in [-0.1, -0.05) is 30.0 Å². The largest absolute Gasteiger partial charge is 0.494 e. The van der Waals surface area contributed by atoms with Crippen LogP contribution in [0, 0.1) is 11.6 Å². The Bertz CT molecular complexity index is 1260. The molecular weight excluding hydrogens is 406 g/mol. The van der Waals surface area contributed by atoms with Crippen LogP contribution in [0.3, 0.4) is 0 Å². The summed E-state index contributed by atoms with van der Waals surface area (Å²) in [6.07, 6.45) is 0. The van der Waals surface area contributed by atoms with Gasteiger partial charge in [-0.15, -0.1) is 0 Å². The first kappa shape index (κ1) is 20.1. The number of nitrogens with zero attached hydrogens (tertiary/aromatic N) is 2. The van der Waals surface area contributed by atoms with Gasteiger partial charge in [-0.3, -0.25) is 9.36 Å². The summed E-state index contributed by atoms with van der Waals surface area (Å²) < 4.78 is 34.2. The average molecular weight is 424 g/mol. The lowest BCUT2D eigenvalue weighted by atomic mass is 10.2. The molecule has 152 valence electrons. The summed E-state index contributed by atoms with van der Waals surface area (Å²) in [5.41, 5.74) is 1.31. The van der Waals surface area contributed by atoms with Crippen molar-refractivity contribution >= 4 is 22.7 Å². The topological polar surface area (TPSA) is 44.1 Å². The van der Waals surface area contributed by atoms with E-state index < -0.39 is 11.6 Å². The molecule has 30 heavy (non-hydrogen) atoms. The van der Waals surface area contributed by atoms with Gasteiger partial charge in [0.15, 0.2) is 5.16 Å². The van der Waals surface area contributed by atoms with Crippen LogP contribution in [0.2, 0.25) is 0 Å². The first-order valence-corrected chi connectivity index (χ1v) is 10.4. The van der Waals surface area contributed by atoms with E-state index in [1.165, 1.54) is 28.5 Å². The predicted molar refractivity (Wildman–Crippen MR) is 114 cm³/mol. The molecule has 4 rings (SSSR count). The SMILES string of the molecule is CCOc1ccc(-n2c(SCc3ccc(F)cc3F)nc3ccccc3c2=O)cc1. The molecular formula is C23H18F2N2O2S. The first-order chi connectivity index (χ1) is 14.6. The Kier molecular flexibility index (Phi) is 5.81. The quantitative estimate of drug-likeness (QED) is 0.309. The number of benzene rings is 3. The van der Waals surface area contributed by atoms with Crippen LogP contribution in [0.4, 0.5) is 8.78 Å². The van der Waals surface area contributed by atoms with Crippen molar-refractivity contribution in [3.8, 4) is 11.4 Å². The van der Waals surface area contributed by atoms with E-state index in [2.05, 4.69) is 4.98 Å². The van der Waals surface area contributed by atoms with Gasteiger partial charge < -0.3 is 4.74 Å². The van der Waals surface area contributed by atoms with E-state index in [0.717, 1.165) is 6.07 Å². The first-order valence-electron chi connectivity index (χ1n) is 9.38. The number of hydrogen-bond donors (Lipinski definition) is 0. The zero-order chi connectivity index (χ0) is 21.1. The van der Waals surface area contributed by atoms with Gasteiger partial charge in [-0.25, -0.2) is 13.8 Å². The third kappa shape index (κ3) is 4.07. The van der Waals surface area contributed by atoms with Crippen molar-refractivity contribution in [3.63, 3.8) is 0 Å². The molecule has 0 saturated heterocycles. The number of halogens is 2. The maximum Gasteiger partial charge on any atom is 0.266 e. The van der Waals surface area contributed by atoms with E-state index in [1.54, 1.807) is 42.5 Å². The summed E-state index contributed by atoms with van der Waals surface area (Å²) >= 11 is 1.22. The number of thioether (sulfide) groups is 1. The fraction of sp³-hybridized carbons (Fsp3) is 0.130. The summed E-state index contributed by atoms with van der Waals surface area (Å²) in [7, 11) is 0. The zero-order valence-corrected chi connectivity index (χ0v) is 17.0. The van der Waals surface area contributed by atoms with Gasteiger partial charge in [0.05, 0.1) is 23.2 Å². The van der Waals surface area contributed by atoms with Crippen molar-refractivity contribution < 1.29 is 13.5 Å². The van der Waals surface area contributed by atoms with Gasteiger partial charge in [0, 0.05) is 11.8 Å². The van der Waals surface area contributed by atoms with Crippen LogP contribution in [-0.4, -0.2) is 16.2 Å². The Morgan fingerprint density at radius 2 is 1.80 bits per heavy atom. The molecule has 0 spiro atoms. The zero-order valence-electron chi connectivity index (χ0n) is 16.1. The third-order valence-electron chi connectivity index (χ3n) is 4.52. The third-order valence-corrected chi connectivity index (χ3v) is 5.51. The Hall–Kier alpha value is -3.19. The monoisotopic (exact) mass is 424 g/mol. The molecule has 0 saturated carbocycles. The molecule has 0 bridgehead atoms. The second-order valence-corrected chi connectivity index (χ2v) is 7.45. The highest BCUT2D eigenvalue weighted by Gasteiger charge is 2.15. The fourth-order valence-electron chi connectivity index (χ4n) is 3.08. The van der Waals surface area contributed by atoms with Crippen LogP contribution < -0.4 is 10.3 Å². The molecule has 0 N–H and O–H groups in total. The average Bonchev–Trinajstić information content (AvgIpc) is 2.74. The molecule has 1 heterocycles. The molecule has 3 aromatic carbocycles. The van der Waals surface area contributed by atoms with Crippen molar-refractivity contribution in [1.29, 1.82) is 0 Å². The van der Waals surface area contributed by atoms with Crippen molar-refractivity contribution in [2.75, 3.05) is 6.61 Å². The number of fused-ring (bicyclic) bond motifs is 1. The van der Waals surface area contributed by atoms with Gasteiger partial charge in [-0.2, -0.15) is 0 Å². The van der Waals surface area contributed by atoms with E-state index in [9.17, 15) is 13.6 Å².